The summed E-state index contributed by atoms with van der Waals surface area (Å²) in [6, 6.07) is 6.24. The molecular weight excluding hydrogens is 298 g/mol. The Morgan fingerprint density at radius 1 is 1.40 bits per heavy atom. The predicted octanol–water partition coefficient (Wildman–Crippen LogP) is 0.930. The van der Waals surface area contributed by atoms with E-state index in [0.29, 0.717) is 35.3 Å². The van der Waals surface area contributed by atoms with Crippen molar-refractivity contribution in [3.8, 4) is 0 Å². The summed E-state index contributed by atoms with van der Waals surface area (Å²) in [6.45, 7) is 0.805. The minimum Gasteiger partial charge on any atom is -0.353 e. The zero-order valence-electron chi connectivity index (χ0n) is 10.8. The molecule has 1 atom stereocenters. The highest BCUT2D eigenvalue weighted by Crippen LogP contribution is 2.23. The first-order chi connectivity index (χ1) is 9.63. The first-order valence-corrected chi connectivity index (χ1v) is 7.79. The first kappa shape index (κ1) is 15.2. The third-order valence-corrected chi connectivity index (χ3v) is 4.24. The van der Waals surface area contributed by atoms with Gasteiger partial charge >= 0.3 is 0 Å². The average Bonchev–Trinajstić information content (AvgIpc) is 2.94. The Labute approximate surface area is 126 Å². The Morgan fingerprint density at radius 3 is 2.75 bits per heavy atom. The van der Waals surface area contributed by atoms with Gasteiger partial charge in [-0.05, 0) is 24.3 Å². The molecule has 3 N–H and O–H groups in total. The zero-order valence-corrected chi connectivity index (χ0v) is 12.4. The van der Waals surface area contributed by atoms with Crippen molar-refractivity contribution in [3.63, 3.8) is 0 Å². The summed E-state index contributed by atoms with van der Waals surface area (Å²) in [7, 11) is 0. The van der Waals surface area contributed by atoms with Crippen LogP contribution >= 0.6 is 23.4 Å². The lowest BCUT2D eigenvalue weighted by molar-refractivity contribution is -0.124. The number of halogens is 1. The second-order valence-electron chi connectivity index (χ2n) is 4.38. The Hall–Kier alpha value is -1.24. The van der Waals surface area contributed by atoms with Gasteiger partial charge in [-0.25, -0.2) is 0 Å². The van der Waals surface area contributed by atoms with E-state index < -0.39 is 6.04 Å². The van der Waals surface area contributed by atoms with E-state index in [1.807, 2.05) is 0 Å². The topological polar surface area (TPSA) is 75.4 Å². The number of carbonyl (C=O) groups is 2. The molecule has 0 aromatic heterocycles. The molecule has 5 nitrogen and oxygen atoms in total. The van der Waals surface area contributed by atoms with Crippen molar-refractivity contribution in [2.75, 3.05) is 24.7 Å². The molecule has 1 heterocycles. The van der Waals surface area contributed by atoms with Crippen LogP contribution in [0.5, 0.6) is 0 Å². The molecule has 1 aromatic rings. The largest absolute Gasteiger partial charge is 0.353 e. The zero-order chi connectivity index (χ0) is 14.5. The molecule has 1 saturated heterocycles. The normalized spacial score (nSPS) is 18.1. The average molecular weight is 314 g/mol. The van der Waals surface area contributed by atoms with Gasteiger partial charge in [-0.15, -0.1) is 11.8 Å². The van der Waals surface area contributed by atoms with Gasteiger partial charge in [0, 0.05) is 29.4 Å². The molecular formula is C13H16ClN3O2S. The molecule has 1 aliphatic rings. The maximum Gasteiger partial charge on any atom is 0.255 e. The molecule has 0 saturated carbocycles. The van der Waals surface area contributed by atoms with Crippen LogP contribution in [0.15, 0.2) is 24.3 Å². The Kier molecular flexibility index (Phi) is 5.28. The molecule has 1 unspecified atom stereocenters. The van der Waals surface area contributed by atoms with Gasteiger partial charge in [0.05, 0.1) is 5.88 Å². The fraction of sp³-hybridized carbons (Fsp3) is 0.385. The van der Waals surface area contributed by atoms with Crippen LogP contribution in [0.1, 0.15) is 10.4 Å². The lowest BCUT2D eigenvalue weighted by atomic mass is 10.1. The number of nitrogens with zero attached hydrogens (tertiary/aromatic N) is 1. The van der Waals surface area contributed by atoms with Crippen LogP contribution < -0.4 is 11.1 Å². The van der Waals surface area contributed by atoms with Gasteiger partial charge in [-0.3, -0.25) is 9.59 Å². The fourth-order valence-electron chi connectivity index (χ4n) is 1.93. The number of carbonyl (C=O) groups excluding carboxylic acids is 2. The maximum atomic E-state index is 12.4. The van der Waals surface area contributed by atoms with Crippen molar-refractivity contribution in [2.24, 2.45) is 5.73 Å². The van der Waals surface area contributed by atoms with Gasteiger partial charge < -0.3 is 16.0 Å². The molecule has 7 heteroatoms. The summed E-state index contributed by atoms with van der Waals surface area (Å²) >= 11 is 7.37. The van der Waals surface area contributed by atoms with Gasteiger partial charge in [-0.1, -0.05) is 11.6 Å². The van der Waals surface area contributed by atoms with Crippen LogP contribution in [0.2, 0.25) is 5.02 Å². The van der Waals surface area contributed by atoms with Crippen molar-refractivity contribution in [2.45, 2.75) is 6.04 Å². The molecule has 1 fully saturated rings. The van der Waals surface area contributed by atoms with Gasteiger partial charge in [-0.2, -0.15) is 0 Å². The van der Waals surface area contributed by atoms with Crippen LogP contribution in [0.3, 0.4) is 0 Å². The second kappa shape index (κ2) is 6.97. The highest BCUT2D eigenvalue weighted by Gasteiger charge is 2.34. The van der Waals surface area contributed by atoms with Crippen molar-refractivity contribution in [3.05, 3.63) is 34.9 Å². The molecule has 2 amide bonds. The Morgan fingerprint density at radius 2 is 2.10 bits per heavy atom. The maximum absolute atomic E-state index is 12.4. The second-order valence-corrected chi connectivity index (χ2v) is 5.81. The lowest BCUT2D eigenvalue weighted by Gasteiger charge is -2.23. The monoisotopic (exact) mass is 313 g/mol. The van der Waals surface area contributed by atoms with E-state index in [-0.39, 0.29) is 11.8 Å². The van der Waals surface area contributed by atoms with Gasteiger partial charge in [0.2, 0.25) is 5.91 Å². The minimum absolute atomic E-state index is 0.150. The van der Waals surface area contributed by atoms with Crippen LogP contribution in [0.4, 0.5) is 0 Å². The van der Waals surface area contributed by atoms with E-state index in [1.54, 1.807) is 40.9 Å². The molecule has 20 heavy (non-hydrogen) atoms. The molecule has 1 aromatic carbocycles. The van der Waals surface area contributed by atoms with Crippen LogP contribution in [-0.2, 0) is 4.79 Å². The fourth-order valence-corrected chi connectivity index (χ4v) is 3.21. The third-order valence-electron chi connectivity index (χ3n) is 2.98. The molecule has 2 rings (SSSR count). The van der Waals surface area contributed by atoms with E-state index in [4.69, 9.17) is 17.3 Å². The summed E-state index contributed by atoms with van der Waals surface area (Å²) in [4.78, 5) is 26.0. The third kappa shape index (κ3) is 3.45. The Balaban J connectivity index is 2.08. The molecule has 108 valence electrons. The number of hydrogen-bond donors (Lipinski definition) is 2. The SMILES string of the molecule is NCCNC(=O)C1CSCN1C(=O)c1ccc(Cl)cc1. The molecule has 1 aliphatic heterocycles. The van der Waals surface area contributed by atoms with Crippen LogP contribution in [0.25, 0.3) is 0 Å². The minimum atomic E-state index is -0.435. The Bertz CT molecular complexity index is 495. The highest BCUT2D eigenvalue weighted by atomic mass is 35.5. The quantitative estimate of drug-likeness (QED) is 0.867. The summed E-state index contributed by atoms with van der Waals surface area (Å²) in [6.07, 6.45) is 0. The van der Waals surface area contributed by atoms with Crippen molar-refractivity contribution in [1.29, 1.82) is 0 Å². The predicted molar refractivity (Wildman–Crippen MR) is 80.8 cm³/mol. The summed E-state index contributed by atoms with van der Waals surface area (Å²) in [5, 5.41) is 3.31. The van der Waals surface area contributed by atoms with E-state index in [9.17, 15) is 9.59 Å². The number of amides is 2. The number of hydrogen-bond acceptors (Lipinski definition) is 4. The van der Waals surface area contributed by atoms with Crippen molar-refractivity contribution >= 4 is 35.2 Å². The van der Waals surface area contributed by atoms with Gasteiger partial charge in [0.15, 0.2) is 0 Å². The van der Waals surface area contributed by atoms with Gasteiger partial charge in [0.1, 0.15) is 6.04 Å². The summed E-state index contributed by atoms with van der Waals surface area (Å²) in [5.41, 5.74) is 5.90. The molecule has 0 spiro atoms. The summed E-state index contributed by atoms with van der Waals surface area (Å²) < 4.78 is 0. The van der Waals surface area contributed by atoms with E-state index in [0.717, 1.165) is 0 Å². The number of nitrogens with one attached hydrogen (secondary N) is 1. The van der Waals surface area contributed by atoms with Crippen LogP contribution in [0, 0.1) is 0 Å². The van der Waals surface area contributed by atoms with Crippen LogP contribution in [-0.4, -0.2) is 47.5 Å². The number of thioether (sulfide) groups is 1. The first-order valence-electron chi connectivity index (χ1n) is 6.25. The van der Waals surface area contributed by atoms with E-state index in [2.05, 4.69) is 5.32 Å². The smallest absolute Gasteiger partial charge is 0.255 e. The van der Waals surface area contributed by atoms with Gasteiger partial charge in [0.25, 0.3) is 5.91 Å². The number of nitrogens with two attached hydrogens (primary N) is 1. The molecule has 0 aliphatic carbocycles. The number of rotatable bonds is 4. The molecule has 0 radical (unpaired) electrons. The van der Waals surface area contributed by atoms with Crippen molar-refractivity contribution in [1.82, 2.24) is 10.2 Å². The molecule has 0 bridgehead atoms. The lowest BCUT2D eigenvalue weighted by Crippen LogP contribution is -2.48. The standard InChI is InChI=1S/C13H16ClN3O2S/c14-10-3-1-9(2-4-10)13(19)17-8-20-7-11(17)12(18)16-6-5-15/h1-4,11H,5-8,15H2,(H,16,18). The van der Waals surface area contributed by atoms with E-state index >= 15 is 0 Å². The number of benzene rings is 1. The van der Waals surface area contributed by atoms with Crippen molar-refractivity contribution < 1.29 is 9.59 Å². The summed E-state index contributed by atoms with van der Waals surface area (Å²) in [5.74, 6) is 0.820. The van der Waals surface area contributed by atoms with E-state index in [1.165, 1.54) is 0 Å². The highest BCUT2D eigenvalue weighted by molar-refractivity contribution is 7.99.